The van der Waals surface area contributed by atoms with E-state index in [1.54, 1.807) is 30.0 Å². The Kier molecular flexibility index (Phi) is 4.44. The van der Waals surface area contributed by atoms with E-state index < -0.39 is 4.92 Å². The summed E-state index contributed by atoms with van der Waals surface area (Å²) in [6, 6.07) is 11.7. The van der Waals surface area contributed by atoms with Crippen LogP contribution < -0.4 is 0 Å². The molecule has 0 heterocycles. The van der Waals surface area contributed by atoms with Gasteiger partial charge in [-0.1, -0.05) is 22.0 Å². The fourth-order valence-corrected chi connectivity index (χ4v) is 3.07. The summed E-state index contributed by atoms with van der Waals surface area (Å²) in [5.41, 5.74) is 1.06. The lowest BCUT2D eigenvalue weighted by Crippen LogP contribution is -1.90. The first kappa shape index (κ1) is 13.9. The Hall–Kier alpha value is -1.53. The second-order valence-corrected chi connectivity index (χ2v) is 5.72. The number of thioether (sulfide) groups is 1. The van der Waals surface area contributed by atoms with Crippen LogP contribution in [0.15, 0.2) is 51.8 Å². The first-order chi connectivity index (χ1) is 9.06. The maximum atomic E-state index is 10.6. The molecule has 1 N–H and O–H groups in total. The van der Waals surface area contributed by atoms with Gasteiger partial charge in [0.25, 0.3) is 5.69 Å². The van der Waals surface area contributed by atoms with Gasteiger partial charge in [-0.2, -0.15) is 0 Å². The van der Waals surface area contributed by atoms with Crippen LogP contribution in [0.5, 0.6) is 5.75 Å². The zero-order valence-electron chi connectivity index (χ0n) is 9.75. The van der Waals surface area contributed by atoms with Crippen molar-refractivity contribution >= 4 is 33.4 Å². The molecule has 0 amide bonds. The molecule has 0 spiro atoms. The Balaban J connectivity index is 2.07. The van der Waals surface area contributed by atoms with Crippen molar-refractivity contribution in [2.24, 2.45) is 0 Å². The topological polar surface area (TPSA) is 63.4 Å². The minimum absolute atomic E-state index is 0.0743. The zero-order chi connectivity index (χ0) is 13.8. The summed E-state index contributed by atoms with van der Waals surface area (Å²) >= 11 is 4.94. The fraction of sp³-hybridized carbons (Fsp3) is 0.0769. The lowest BCUT2D eigenvalue weighted by atomic mass is 10.2. The molecule has 98 valence electrons. The van der Waals surface area contributed by atoms with Crippen molar-refractivity contribution < 1.29 is 10.0 Å². The summed E-state index contributed by atoms with van der Waals surface area (Å²) in [5.74, 6) is 0.935. The second kappa shape index (κ2) is 6.08. The molecule has 0 saturated carbocycles. The number of hydrogen-bond acceptors (Lipinski definition) is 4. The van der Waals surface area contributed by atoms with E-state index in [9.17, 15) is 15.2 Å². The predicted octanol–water partition coefficient (Wildman–Crippen LogP) is 4.36. The van der Waals surface area contributed by atoms with Gasteiger partial charge in [0.2, 0.25) is 0 Å². The maximum absolute atomic E-state index is 10.6. The molecule has 6 heteroatoms. The number of phenolic OH excluding ortho intramolecular Hbond substituents is 1. The average Bonchev–Trinajstić information content (AvgIpc) is 2.39. The number of rotatable bonds is 4. The van der Waals surface area contributed by atoms with Crippen LogP contribution in [0.2, 0.25) is 0 Å². The zero-order valence-corrected chi connectivity index (χ0v) is 12.1. The molecule has 0 aromatic heterocycles. The van der Waals surface area contributed by atoms with Crippen LogP contribution in [0.1, 0.15) is 5.56 Å². The van der Waals surface area contributed by atoms with E-state index in [1.165, 1.54) is 12.1 Å². The Labute approximate surface area is 122 Å². The molecule has 19 heavy (non-hydrogen) atoms. The molecule has 0 aliphatic carbocycles. The number of benzene rings is 2. The van der Waals surface area contributed by atoms with E-state index in [1.807, 2.05) is 12.1 Å². The first-order valence-electron chi connectivity index (χ1n) is 5.41. The molecule has 0 radical (unpaired) electrons. The van der Waals surface area contributed by atoms with Crippen molar-refractivity contribution in [1.82, 2.24) is 0 Å². The summed E-state index contributed by atoms with van der Waals surface area (Å²) in [5, 5.41) is 19.8. The quantitative estimate of drug-likeness (QED) is 0.510. The molecule has 0 saturated heterocycles. The van der Waals surface area contributed by atoms with Crippen LogP contribution in [0.3, 0.4) is 0 Å². The molecule has 0 aliphatic heterocycles. The molecule has 2 aromatic rings. The van der Waals surface area contributed by atoms with Gasteiger partial charge < -0.3 is 5.11 Å². The summed E-state index contributed by atoms with van der Waals surface area (Å²) in [6.07, 6.45) is 0. The van der Waals surface area contributed by atoms with Crippen molar-refractivity contribution in [3.63, 3.8) is 0 Å². The van der Waals surface area contributed by atoms with Gasteiger partial charge in [0.15, 0.2) is 0 Å². The molecule has 2 rings (SSSR count). The summed E-state index contributed by atoms with van der Waals surface area (Å²) < 4.78 is 0.730. The third-order valence-corrected chi connectivity index (χ3v) is 4.28. The number of halogens is 1. The van der Waals surface area contributed by atoms with Gasteiger partial charge in [-0.15, -0.1) is 11.8 Å². The number of nitro benzene ring substituents is 1. The number of non-ortho nitro benzene ring substituents is 1. The number of nitro groups is 1. The largest absolute Gasteiger partial charge is 0.508 e. The first-order valence-corrected chi connectivity index (χ1v) is 7.19. The van der Waals surface area contributed by atoms with Crippen LogP contribution in [0, 0.1) is 10.1 Å². The molecule has 0 unspecified atom stereocenters. The predicted molar refractivity (Wildman–Crippen MR) is 78.5 cm³/mol. The normalized spacial score (nSPS) is 10.4. The molecular weight excluding hydrogens is 330 g/mol. The molecule has 2 aromatic carbocycles. The van der Waals surface area contributed by atoms with E-state index in [-0.39, 0.29) is 11.4 Å². The van der Waals surface area contributed by atoms with Crippen molar-refractivity contribution in [3.05, 3.63) is 62.6 Å². The van der Waals surface area contributed by atoms with Crippen LogP contribution >= 0.6 is 27.7 Å². The van der Waals surface area contributed by atoms with Crippen LogP contribution in [-0.2, 0) is 5.75 Å². The minimum Gasteiger partial charge on any atom is -0.508 e. The van der Waals surface area contributed by atoms with E-state index in [0.29, 0.717) is 5.75 Å². The van der Waals surface area contributed by atoms with Gasteiger partial charge >= 0.3 is 0 Å². The molecule has 0 bridgehead atoms. The Morgan fingerprint density at radius 2 is 1.89 bits per heavy atom. The summed E-state index contributed by atoms with van der Waals surface area (Å²) in [7, 11) is 0. The van der Waals surface area contributed by atoms with Gasteiger partial charge in [-0.25, -0.2) is 0 Å². The SMILES string of the molecule is O=[N+]([O-])c1ccc(CSc2ccc(O)cc2)c(Br)c1. The number of aromatic hydroxyl groups is 1. The summed E-state index contributed by atoms with van der Waals surface area (Å²) in [4.78, 5) is 11.2. The highest BCUT2D eigenvalue weighted by Crippen LogP contribution is 2.30. The highest BCUT2D eigenvalue weighted by molar-refractivity contribution is 9.10. The molecule has 0 atom stereocenters. The van der Waals surface area contributed by atoms with E-state index in [0.717, 1.165) is 14.9 Å². The molecular formula is C13H10BrNO3S. The van der Waals surface area contributed by atoms with E-state index in [4.69, 9.17) is 0 Å². The third kappa shape index (κ3) is 3.71. The third-order valence-electron chi connectivity index (χ3n) is 2.48. The van der Waals surface area contributed by atoms with Gasteiger partial charge in [0.05, 0.1) is 4.92 Å². The fourth-order valence-electron chi connectivity index (χ4n) is 1.47. The Morgan fingerprint density at radius 3 is 2.47 bits per heavy atom. The van der Waals surface area contributed by atoms with Gasteiger partial charge in [0, 0.05) is 27.3 Å². The highest BCUT2D eigenvalue weighted by Gasteiger charge is 2.09. The monoisotopic (exact) mass is 339 g/mol. The lowest BCUT2D eigenvalue weighted by molar-refractivity contribution is -0.384. The number of nitrogens with zero attached hydrogens (tertiary/aromatic N) is 1. The maximum Gasteiger partial charge on any atom is 0.270 e. The Bertz CT molecular complexity index is 601. The average molecular weight is 340 g/mol. The Morgan fingerprint density at radius 1 is 1.21 bits per heavy atom. The van der Waals surface area contributed by atoms with Crippen LogP contribution in [0.4, 0.5) is 5.69 Å². The van der Waals surface area contributed by atoms with Crippen molar-refractivity contribution in [3.8, 4) is 5.75 Å². The standard InChI is InChI=1S/C13H10BrNO3S/c14-13-7-10(15(17)18)2-1-9(13)8-19-12-5-3-11(16)4-6-12/h1-7,16H,8H2. The van der Waals surface area contributed by atoms with Crippen LogP contribution in [0.25, 0.3) is 0 Å². The second-order valence-electron chi connectivity index (χ2n) is 3.82. The molecule has 4 nitrogen and oxygen atoms in total. The molecule has 0 fully saturated rings. The molecule has 0 aliphatic rings. The van der Waals surface area contributed by atoms with Gasteiger partial charge in [0.1, 0.15) is 5.75 Å². The number of hydrogen-bond donors (Lipinski definition) is 1. The highest BCUT2D eigenvalue weighted by atomic mass is 79.9. The van der Waals surface area contributed by atoms with Crippen LogP contribution in [-0.4, -0.2) is 10.0 Å². The number of phenols is 1. The van der Waals surface area contributed by atoms with Crippen molar-refractivity contribution in [1.29, 1.82) is 0 Å². The smallest absolute Gasteiger partial charge is 0.270 e. The lowest BCUT2D eigenvalue weighted by Gasteiger charge is -2.05. The van der Waals surface area contributed by atoms with Crippen molar-refractivity contribution in [2.75, 3.05) is 0 Å². The summed E-state index contributed by atoms with van der Waals surface area (Å²) in [6.45, 7) is 0. The van der Waals surface area contributed by atoms with Gasteiger partial charge in [-0.3, -0.25) is 10.1 Å². The van der Waals surface area contributed by atoms with Gasteiger partial charge in [-0.05, 0) is 29.8 Å². The van der Waals surface area contributed by atoms with Crippen molar-refractivity contribution in [2.45, 2.75) is 10.6 Å². The van der Waals surface area contributed by atoms with E-state index in [2.05, 4.69) is 15.9 Å². The van der Waals surface area contributed by atoms with E-state index >= 15 is 0 Å². The minimum atomic E-state index is -0.415.